The molecule has 0 amide bonds. The van der Waals surface area contributed by atoms with Gasteiger partial charge in [0.2, 0.25) is 0 Å². The summed E-state index contributed by atoms with van der Waals surface area (Å²) in [5.41, 5.74) is 6.37. The quantitative estimate of drug-likeness (QED) is 0.495. The Bertz CT molecular complexity index is 383. The van der Waals surface area contributed by atoms with Gasteiger partial charge in [-0.15, -0.1) is 24.0 Å². The molecule has 0 saturated heterocycles. The van der Waals surface area contributed by atoms with Crippen LogP contribution in [0.4, 0.5) is 5.69 Å². The number of anilines is 1. The number of nitrogens with zero attached hydrogens (tertiary/aromatic N) is 1. The topological polar surface area (TPSA) is 68.9 Å². The van der Waals surface area contributed by atoms with E-state index >= 15 is 0 Å². The highest BCUT2D eigenvalue weighted by atomic mass is 127. The van der Waals surface area contributed by atoms with Crippen LogP contribution in [-0.4, -0.2) is 26.7 Å². The van der Waals surface area contributed by atoms with Crippen LogP contribution in [0.15, 0.2) is 23.2 Å². The molecule has 1 rings (SSSR count). The number of aliphatic imine (C=N–C) groups is 1. The normalized spacial score (nSPS) is 10.4. The van der Waals surface area contributed by atoms with Crippen LogP contribution in [0.3, 0.4) is 0 Å². The summed E-state index contributed by atoms with van der Waals surface area (Å²) < 4.78 is 10.6. The van der Waals surface area contributed by atoms with Crippen molar-refractivity contribution < 1.29 is 9.47 Å². The molecule has 0 aliphatic rings. The van der Waals surface area contributed by atoms with Crippen molar-refractivity contribution in [2.24, 2.45) is 10.7 Å². The standard InChI is InChI=1S/C11H17N3O2.HI/c1-4-16-9-6-5-8(7-10(9)15-3)14-11(12)13-2;/h5-7H,4H2,1-3H3,(H3,12,13,14);1H. The zero-order valence-electron chi connectivity index (χ0n) is 10.2. The summed E-state index contributed by atoms with van der Waals surface area (Å²) in [7, 11) is 3.22. The van der Waals surface area contributed by atoms with E-state index in [1.807, 2.05) is 25.1 Å². The molecule has 96 valence electrons. The van der Waals surface area contributed by atoms with Gasteiger partial charge in [0.25, 0.3) is 0 Å². The van der Waals surface area contributed by atoms with Crippen molar-refractivity contribution in [1.29, 1.82) is 0 Å². The second kappa shape index (κ2) is 7.99. The molecule has 0 spiro atoms. The fourth-order valence-corrected chi connectivity index (χ4v) is 1.22. The SMILES string of the molecule is CCOc1ccc(NC(N)=NC)cc1OC.I. The number of ether oxygens (including phenoxy) is 2. The number of halogens is 1. The number of nitrogens with one attached hydrogen (secondary N) is 1. The zero-order chi connectivity index (χ0) is 12.0. The van der Waals surface area contributed by atoms with Crippen LogP contribution in [0.5, 0.6) is 11.5 Å². The molecule has 17 heavy (non-hydrogen) atoms. The molecule has 0 unspecified atom stereocenters. The van der Waals surface area contributed by atoms with Gasteiger partial charge < -0.3 is 20.5 Å². The minimum Gasteiger partial charge on any atom is -0.493 e. The lowest BCUT2D eigenvalue weighted by atomic mass is 10.2. The molecule has 5 nitrogen and oxygen atoms in total. The van der Waals surface area contributed by atoms with E-state index in [9.17, 15) is 0 Å². The van der Waals surface area contributed by atoms with Crippen molar-refractivity contribution in [2.45, 2.75) is 6.92 Å². The van der Waals surface area contributed by atoms with Gasteiger partial charge in [-0.05, 0) is 19.1 Å². The smallest absolute Gasteiger partial charge is 0.192 e. The molecule has 6 heteroatoms. The second-order valence-electron chi connectivity index (χ2n) is 3.03. The number of rotatable bonds is 4. The maximum Gasteiger partial charge on any atom is 0.192 e. The number of methoxy groups -OCH3 is 1. The third-order valence-electron chi connectivity index (χ3n) is 1.98. The van der Waals surface area contributed by atoms with E-state index in [0.29, 0.717) is 24.1 Å². The lowest BCUT2D eigenvalue weighted by molar-refractivity contribution is 0.311. The molecular weight excluding hydrogens is 333 g/mol. The third kappa shape index (κ3) is 4.68. The molecule has 0 heterocycles. The third-order valence-corrected chi connectivity index (χ3v) is 1.98. The first-order valence-corrected chi connectivity index (χ1v) is 5.01. The van der Waals surface area contributed by atoms with Crippen LogP contribution in [0.2, 0.25) is 0 Å². The zero-order valence-corrected chi connectivity index (χ0v) is 12.5. The van der Waals surface area contributed by atoms with Crippen molar-refractivity contribution in [3.8, 4) is 11.5 Å². The summed E-state index contributed by atoms with van der Waals surface area (Å²) in [5, 5.41) is 2.93. The predicted molar refractivity (Wildman–Crippen MR) is 80.7 cm³/mol. The largest absolute Gasteiger partial charge is 0.493 e. The van der Waals surface area contributed by atoms with Gasteiger partial charge in [0, 0.05) is 18.8 Å². The molecule has 0 aromatic heterocycles. The van der Waals surface area contributed by atoms with Crippen molar-refractivity contribution >= 4 is 35.6 Å². The maximum absolute atomic E-state index is 5.56. The lowest BCUT2D eigenvalue weighted by Gasteiger charge is -2.11. The number of nitrogens with two attached hydrogens (primary N) is 1. The van der Waals surface area contributed by atoms with Gasteiger partial charge >= 0.3 is 0 Å². The van der Waals surface area contributed by atoms with Crippen LogP contribution < -0.4 is 20.5 Å². The molecule has 0 aliphatic carbocycles. The summed E-state index contributed by atoms with van der Waals surface area (Å²) in [6, 6.07) is 5.49. The number of hydrogen-bond acceptors (Lipinski definition) is 3. The van der Waals surface area contributed by atoms with Gasteiger partial charge in [-0.1, -0.05) is 0 Å². The fraction of sp³-hybridized carbons (Fsp3) is 0.364. The maximum atomic E-state index is 5.56. The van der Waals surface area contributed by atoms with E-state index in [1.54, 1.807) is 14.2 Å². The first kappa shape index (κ1) is 15.8. The molecule has 1 aromatic carbocycles. The van der Waals surface area contributed by atoms with Crippen LogP contribution in [0, 0.1) is 0 Å². The summed E-state index contributed by atoms with van der Waals surface area (Å²) in [6.45, 7) is 2.52. The highest BCUT2D eigenvalue weighted by Crippen LogP contribution is 2.29. The average Bonchev–Trinajstić information content (AvgIpc) is 2.31. The fourth-order valence-electron chi connectivity index (χ4n) is 1.22. The first-order valence-electron chi connectivity index (χ1n) is 5.01. The van der Waals surface area contributed by atoms with Crippen LogP contribution in [0.25, 0.3) is 0 Å². The number of guanidine groups is 1. The van der Waals surface area contributed by atoms with Crippen LogP contribution >= 0.6 is 24.0 Å². The van der Waals surface area contributed by atoms with E-state index < -0.39 is 0 Å². The van der Waals surface area contributed by atoms with Crippen molar-refractivity contribution in [2.75, 3.05) is 26.1 Å². The van der Waals surface area contributed by atoms with Crippen LogP contribution in [-0.2, 0) is 0 Å². The Morgan fingerprint density at radius 2 is 2.12 bits per heavy atom. The van der Waals surface area contributed by atoms with Crippen LogP contribution in [0.1, 0.15) is 6.92 Å². The van der Waals surface area contributed by atoms with Crippen molar-refractivity contribution in [3.05, 3.63) is 18.2 Å². The average molecular weight is 351 g/mol. The number of hydrogen-bond donors (Lipinski definition) is 2. The minimum absolute atomic E-state index is 0. The monoisotopic (exact) mass is 351 g/mol. The minimum atomic E-state index is 0. The van der Waals surface area contributed by atoms with Gasteiger partial charge in [0.15, 0.2) is 17.5 Å². The van der Waals surface area contributed by atoms with E-state index in [0.717, 1.165) is 5.69 Å². The summed E-state index contributed by atoms with van der Waals surface area (Å²) in [4.78, 5) is 3.81. The highest BCUT2D eigenvalue weighted by molar-refractivity contribution is 14.0. The molecule has 0 fully saturated rings. The molecule has 0 saturated carbocycles. The number of benzene rings is 1. The van der Waals surface area contributed by atoms with E-state index in [4.69, 9.17) is 15.2 Å². The van der Waals surface area contributed by atoms with Gasteiger partial charge in [0.05, 0.1) is 13.7 Å². The Morgan fingerprint density at radius 3 is 2.65 bits per heavy atom. The van der Waals surface area contributed by atoms with E-state index in [2.05, 4.69) is 10.3 Å². The molecule has 0 atom stereocenters. The Balaban J connectivity index is 0.00000256. The van der Waals surface area contributed by atoms with Gasteiger partial charge in [-0.3, -0.25) is 4.99 Å². The van der Waals surface area contributed by atoms with Gasteiger partial charge in [-0.2, -0.15) is 0 Å². The Morgan fingerprint density at radius 1 is 1.41 bits per heavy atom. The lowest BCUT2D eigenvalue weighted by Crippen LogP contribution is -2.21. The second-order valence-corrected chi connectivity index (χ2v) is 3.03. The molecular formula is C11H18IN3O2. The molecule has 0 radical (unpaired) electrons. The molecule has 3 N–H and O–H groups in total. The Kier molecular flexibility index (Phi) is 7.44. The van der Waals surface area contributed by atoms with E-state index in [1.165, 1.54) is 0 Å². The van der Waals surface area contributed by atoms with Crippen molar-refractivity contribution in [3.63, 3.8) is 0 Å². The van der Waals surface area contributed by atoms with Crippen molar-refractivity contribution in [1.82, 2.24) is 0 Å². The molecule has 1 aromatic rings. The Labute approximate surface area is 118 Å². The summed E-state index contributed by atoms with van der Waals surface area (Å²) in [6.07, 6.45) is 0. The summed E-state index contributed by atoms with van der Waals surface area (Å²) >= 11 is 0. The van der Waals surface area contributed by atoms with E-state index in [-0.39, 0.29) is 24.0 Å². The van der Waals surface area contributed by atoms with Gasteiger partial charge in [-0.25, -0.2) is 0 Å². The highest BCUT2D eigenvalue weighted by Gasteiger charge is 2.05. The summed E-state index contributed by atoms with van der Waals surface area (Å²) in [5.74, 6) is 1.73. The molecule has 0 bridgehead atoms. The first-order chi connectivity index (χ1) is 7.71. The van der Waals surface area contributed by atoms with Gasteiger partial charge in [0.1, 0.15) is 0 Å². The predicted octanol–water partition coefficient (Wildman–Crippen LogP) is 2.07. The molecule has 0 aliphatic heterocycles. The Hall–Kier alpha value is -1.18.